The fraction of sp³-hybridized carbons (Fsp3) is 0.259. The Balaban J connectivity index is 1.48. The van der Waals surface area contributed by atoms with E-state index in [-0.39, 0.29) is 18.5 Å². The molecule has 1 amide bonds. The van der Waals surface area contributed by atoms with Crippen LogP contribution in [0.1, 0.15) is 40.9 Å². The highest BCUT2D eigenvalue weighted by molar-refractivity contribution is 5.93. The maximum atomic E-state index is 13.1. The van der Waals surface area contributed by atoms with Gasteiger partial charge in [0.05, 0.1) is 17.8 Å². The number of nitriles is 1. The van der Waals surface area contributed by atoms with E-state index >= 15 is 0 Å². The molecule has 0 bridgehead atoms. The zero-order chi connectivity index (χ0) is 24.9. The van der Waals surface area contributed by atoms with E-state index in [1.54, 1.807) is 11.0 Å². The molecule has 0 saturated heterocycles. The van der Waals surface area contributed by atoms with Gasteiger partial charge in [-0.15, -0.1) is 0 Å². The fourth-order valence-electron chi connectivity index (χ4n) is 4.13. The Morgan fingerprint density at radius 2 is 1.86 bits per heavy atom. The molecule has 4 aromatic rings. The highest BCUT2D eigenvalue weighted by Crippen LogP contribution is 2.28. The normalized spacial score (nSPS) is 11.9. The predicted octanol–water partition coefficient (Wildman–Crippen LogP) is 4.24. The second kappa shape index (κ2) is 10.4. The Kier molecular flexibility index (Phi) is 7.09. The molecule has 0 aliphatic heterocycles. The number of carbonyl (C=O) groups is 1. The number of nitrogens with zero attached hydrogens (tertiary/aromatic N) is 6. The summed E-state index contributed by atoms with van der Waals surface area (Å²) in [6.07, 6.45) is 3.15. The molecule has 2 aromatic heterocycles. The number of aromatic nitrogens is 4. The Morgan fingerprint density at radius 1 is 1.14 bits per heavy atom. The zero-order valence-electron chi connectivity index (χ0n) is 20.4. The molecule has 0 spiro atoms. The average Bonchev–Trinajstić information content (AvgIpc) is 3.48. The zero-order valence-corrected chi connectivity index (χ0v) is 20.4. The summed E-state index contributed by atoms with van der Waals surface area (Å²) in [4.78, 5) is 19.0. The summed E-state index contributed by atoms with van der Waals surface area (Å²) >= 11 is 0. The molecule has 0 fully saturated rings. The number of benzene rings is 2. The van der Waals surface area contributed by atoms with E-state index in [1.165, 1.54) is 6.33 Å². The number of likely N-dealkylation sites (N-methyl/N-ethyl adjacent to an activating group) is 1. The van der Waals surface area contributed by atoms with Crippen molar-refractivity contribution in [1.82, 2.24) is 24.2 Å². The number of nitrogens with one attached hydrogen (secondary N) is 1. The largest absolute Gasteiger partial charge is 0.326 e. The highest BCUT2D eigenvalue weighted by atomic mass is 16.2. The minimum absolute atomic E-state index is 0.0144. The van der Waals surface area contributed by atoms with Crippen LogP contribution in [0.5, 0.6) is 0 Å². The molecule has 1 N–H and O–H groups in total. The van der Waals surface area contributed by atoms with E-state index in [1.807, 2.05) is 85.0 Å². The Labute approximate surface area is 205 Å². The van der Waals surface area contributed by atoms with Crippen LogP contribution in [0.4, 0.5) is 5.82 Å². The summed E-state index contributed by atoms with van der Waals surface area (Å²) in [5, 5.41) is 17.0. The van der Waals surface area contributed by atoms with Crippen LogP contribution in [0, 0.1) is 25.2 Å². The summed E-state index contributed by atoms with van der Waals surface area (Å²) in [5.74, 6) is 0.386. The number of anilines is 1. The Hall–Kier alpha value is -4.22. The van der Waals surface area contributed by atoms with Crippen molar-refractivity contribution in [2.24, 2.45) is 0 Å². The lowest BCUT2D eigenvalue weighted by Crippen LogP contribution is -2.33. The van der Waals surface area contributed by atoms with Gasteiger partial charge in [-0.2, -0.15) is 10.4 Å². The molecule has 4 rings (SSSR count). The van der Waals surface area contributed by atoms with Crippen molar-refractivity contribution < 1.29 is 4.79 Å². The molecular weight excluding hydrogens is 438 g/mol. The van der Waals surface area contributed by atoms with E-state index in [9.17, 15) is 10.1 Å². The second-order valence-corrected chi connectivity index (χ2v) is 8.69. The minimum Gasteiger partial charge on any atom is -0.326 e. The van der Waals surface area contributed by atoms with Gasteiger partial charge >= 0.3 is 0 Å². The van der Waals surface area contributed by atoms with Crippen molar-refractivity contribution >= 4 is 11.7 Å². The van der Waals surface area contributed by atoms with Crippen LogP contribution >= 0.6 is 0 Å². The van der Waals surface area contributed by atoms with Gasteiger partial charge in [0.15, 0.2) is 0 Å². The van der Waals surface area contributed by atoms with Gasteiger partial charge in [0, 0.05) is 18.3 Å². The molecule has 8 nitrogen and oxygen atoms in total. The van der Waals surface area contributed by atoms with Crippen molar-refractivity contribution in [1.29, 1.82) is 5.26 Å². The van der Waals surface area contributed by atoms with Crippen LogP contribution in [0.3, 0.4) is 0 Å². The summed E-state index contributed by atoms with van der Waals surface area (Å²) in [6, 6.07) is 20.3. The van der Waals surface area contributed by atoms with Crippen molar-refractivity contribution in [2.75, 3.05) is 18.9 Å². The maximum absolute atomic E-state index is 13.1. The van der Waals surface area contributed by atoms with Crippen molar-refractivity contribution in [3.05, 3.63) is 95.2 Å². The van der Waals surface area contributed by atoms with Crippen LogP contribution in [0.2, 0.25) is 0 Å². The van der Waals surface area contributed by atoms with Gasteiger partial charge in [0.2, 0.25) is 5.91 Å². The van der Waals surface area contributed by atoms with Gasteiger partial charge in [-0.05, 0) is 56.6 Å². The predicted molar refractivity (Wildman–Crippen MR) is 135 cm³/mol. The SMILES string of the molecule is Cc1c(C#N)c(NC(=O)CN(C)C(C)c2ccc(-n3cncn3)cc2)n(Cc2ccccc2)c1C. The smallest absolute Gasteiger partial charge is 0.239 e. The first-order valence-corrected chi connectivity index (χ1v) is 11.5. The quantitative estimate of drug-likeness (QED) is 0.419. The lowest BCUT2D eigenvalue weighted by molar-refractivity contribution is -0.117. The average molecular weight is 468 g/mol. The molecule has 178 valence electrons. The lowest BCUT2D eigenvalue weighted by atomic mass is 10.1. The molecule has 35 heavy (non-hydrogen) atoms. The number of hydrogen-bond donors (Lipinski definition) is 1. The number of hydrogen-bond acceptors (Lipinski definition) is 5. The van der Waals surface area contributed by atoms with Crippen molar-refractivity contribution in [3.63, 3.8) is 0 Å². The molecule has 1 atom stereocenters. The summed E-state index contributed by atoms with van der Waals surface area (Å²) in [6.45, 7) is 6.72. The number of carbonyl (C=O) groups excluding carboxylic acids is 1. The number of rotatable bonds is 8. The van der Waals surface area contributed by atoms with E-state index in [0.29, 0.717) is 17.9 Å². The van der Waals surface area contributed by atoms with Gasteiger partial charge in [-0.3, -0.25) is 9.69 Å². The van der Waals surface area contributed by atoms with Crippen LogP contribution in [-0.2, 0) is 11.3 Å². The van der Waals surface area contributed by atoms with Crippen LogP contribution in [-0.4, -0.2) is 43.7 Å². The Morgan fingerprint density at radius 3 is 2.49 bits per heavy atom. The first-order chi connectivity index (χ1) is 16.9. The molecule has 1 unspecified atom stereocenters. The molecule has 0 radical (unpaired) electrons. The van der Waals surface area contributed by atoms with E-state index < -0.39 is 0 Å². The molecule has 8 heteroatoms. The van der Waals surface area contributed by atoms with Crippen LogP contribution in [0.25, 0.3) is 5.69 Å². The number of amides is 1. The van der Waals surface area contributed by atoms with Crippen LogP contribution in [0.15, 0.2) is 67.3 Å². The second-order valence-electron chi connectivity index (χ2n) is 8.69. The Bertz CT molecular complexity index is 1330. The molecule has 2 heterocycles. The topological polar surface area (TPSA) is 91.8 Å². The molecule has 0 aliphatic carbocycles. The van der Waals surface area contributed by atoms with Gasteiger partial charge in [-0.25, -0.2) is 9.67 Å². The lowest BCUT2D eigenvalue weighted by Gasteiger charge is -2.25. The molecule has 2 aromatic carbocycles. The third-order valence-electron chi connectivity index (χ3n) is 6.50. The molecular formula is C27H29N7O. The summed E-state index contributed by atoms with van der Waals surface area (Å²) in [7, 11) is 1.92. The van der Waals surface area contributed by atoms with Gasteiger partial charge in [0.25, 0.3) is 0 Å². The first kappa shape index (κ1) is 23.9. The van der Waals surface area contributed by atoms with Gasteiger partial charge in [-0.1, -0.05) is 42.5 Å². The molecule has 0 aliphatic rings. The van der Waals surface area contributed by atoms with E-state index in [0.717, 1.165) is 28.1 Å². The van der Waals surface area contributed by atoms with Crippen molar-refractivity contribution in [3.8, 4) is 11.8 Å². The first-order valence-electron chi connectivity index (χ1n) is 11.5. The van der Waals surface area contributed by atoms with Gasteiger partial charge < -0.3 is 9.88 Å². The monoisotopic (exact) mass is 467 g/mol. The van der Waals surface area contributed by atoms with E-state index in [2.05, 4.69) is 28.4 Å². The minimum atomic E-state index is -0.165. The maximum Gasteiger partial charge on any atom is 0.239 e. The third kappa shape index (κ3) is 5.15. The van der Waals surface area contributed by atoms with Gasteiger partial charge in [0.1, 0.15) is 24.5 Å². The fourth-order valence-corrected chi connectivity index (χ4v) is 4.13. The van der Waals surface area contributed by atoms with E-state index in [4.69, 9.17) is 0 Å². The molecule has 0 saturated carbocycles. The summed E-state index contributed by atoms with van der Waals surface area (Å²) < 4.78 is 3.71. The van der Waals surface area contributed by atoms with Crippen LogP contribution < -0.4 is 5.32 Å². The third-order valence-corrected chi connectivity index (χ3v) is 6.50. The van der Waals surface area contributed by atoms with Crippen molar-refractivity contribution in [2.45, 2.75) is 33.4 Å². The standard InChI is InChI=1S/C27H29N7O/c1-19-20(2)33(15-22-8-6-5-7-9-22)27(25(19)14-28)31-26(35)16-32(4)21(3)23-10-12-24(13-11-23)34-18-29-17-30-34/h5-13,17-18,21H,15-16H2,1-4H3,(H,31,35). The summed E-state index contributed by atoms with van der Waals surface area (Å²) in [5.41, 5.74) is 5.47. The highest BCUT2D eigenvalue weighted by Gasteiger charge is 2.21.